The molecule has 0 spiro atoms. The quantitative estimate of drug-likeness (QED) is 0.567. The van der Waals surface area contributed by atoms with Gasteiger partial charge in [0, 0.05) is 27.5 Å². The highest BCUT2D eigenvalue weighted by Gasteiger charge is 2.17. The lowest BCUT2D eigenvalue weighted by atomic mass is 10.2. The van der Waals surface area contributed by atoms with Crippen LogP contribution in [-0.2, 0) is 10.0 Å². The highest BCUT2D eigenvalue weighted by Crippen LogP contribution is 2.20. The molecule has 0 aliphatic rings. The van der Waals surface area contributed by atoms with Crippen molar-refractivity contribution >= 4 is 43.2 Å². The number of hydrogen-bond donors (Lipinski definition) is 2. The van der Waals surface area contributed by atoms with E-state index in [1.807, 2.05) is 0 Å². The Bertz CT molecular complexity index is 1140. The van der Waals surface area contributed by atoms with Gasteiger partial charge in [-0.15, -0.1) is 0 Å². The number of nitrogens with one attached hydrogen (secondary N) is 2. The zero-order valence-electron chi connectivity index (χ0n) is 14.1. The fraction of sp³-hybridized carbons (Fsp3) is 0. The van der Waals surface area contributed by atoms with Gasteiger partial charge in [-0.3, -0.25) is 9.52 Å². The predicted molar refractivity (Wildman–Crippen MR) is 106 cm³/mol. The summed E-state index contributed by atoms with van der Waals surface area (Å²) in [6.07, 6.45) is 0. The minimum Gasteiger partial charge on any atom is -0.322 e. The third kappa shape index (κ3) is 4.73. The fourth-order valence-electron chi connectivity index (χ4n) is 2.31. The Morgan fingerprint density at radius 3 is 2.21 bits per heavy atom. The Hall–Kier alpha value is -2.78. The minimum absolute atomic E-state index is 0.0448. The van der Waals surface area contributed by atoms with E-state index in [1.54, 1.807) is 24.3 Å². The van der Waals surface area contributed by atoms with E-state index in [1.165, 1.54) is 30.3 Å². The van der Waals surface area contributed by atoms with Gasteiger partial charge in [-0.1, -0.05) is 22.0 Å². The van der Waals surface area contributed by atoms with Crippen molar-refractivity contribution < 1.29 is 22.0 Å². The summed E-state index contributed by atoms with van der Waals surface area (Å²) < 4.78 is 54.6. The number of amides is 1. The molecular weight excluding hydrogens is 454 g/mol. The SMILES string of the molecule is O=C(Nc1ccc(F)c(F)c1)c1cccc(S(=O)(=O)Nc2ccc(Br)cc2)c1. The first kappa shape index (κ1) is 20.0. The van der Waals surface area contributed by atoms with Gasteiger partial charge >= 0.3 is 0 Å². The molecule has 0 saturated carbocycles. The van der Waals surface area contributed by atoms with Gasteiger partial charge in [0.15, 0.2) is 11.6 Å². The zero-order valence-corrected chi connectivity index (χ0v) is 16.5. The van der Waals surface area contributed by atoms with Crippen molar-refractivity contribution in [1.82, 2.24) is 0 Å². The van der Waals surface area contributed by atoms with Crippen LogP contribution in [0.1, 0.15) is 10.4 Å². The van der Waals surface area contributed by atoms with Crippen LogP contribution < -0.4 is 10.0 Å². The van der Waals surface area contributed by atoms with Crippen LogP contribution in [0.3, 0.4) is 0 Å². The molecule has 3 aromatic carbocycles. The third-order valence-corrected chi connectivity index (χ3v) is 5.59. The molecule has 2 N–H and O–H groups in total. The second kappa shape index (κ2) is 8.07. The highest BCUT2D eigenvalue weighted by molar-refractivity contribution is 9.10. The van der Waals surface area contributed by atoms with Crippen LogP contribution >= 0.6 is 15.9 Å². The maximum atomic E-state index is 13.3. The lowest BCUT2D eigenvalue weighted by Crippen LogP contribution is -2.16. The van der Waals surface area contributed by atoms with Gasteiger partial charge in [0.1, 0.15) is 0 Å². The van der Waals surface area contributed by atoms with Gasteiger partial charge < -0.3 is 5.32 Å². The predicted octanol–water partition coefficient (Wildman–Crippen LogP) is 4.78. The molecule has 3 rings (SSSR count). The van der Waals surface area contributed by atoms with Crippen molar-refractivity contribution in [3.05, 3.63) is 88.4 Å². The monoisotopic (exact) mass is 466 g/mol. The standard InChI is InChI=1S/C19H13BrF2N2O3S/c20-13-4-6-14(7-5-13)24-28(26,27)16-3-1-2-12(10-16)19(25)23-15-8-9-17(21)18(22)11-15/h1-11,24H,(H,23,25). The lowest BCUT2D eigenvalue weighted by Gasteiger charge is -2.10. The number of anilines is 2. The van der Waals surface area contributed by atoms with E-state index in [0.29, 0.717) is 5.69 Å². The van der Waals surface area contributed by atoms with Crippen molar-refractivity contribution in [2.45, 2.75) is 4.90 Å². The lowest BCUT2D eigenvalue weighted by molar-refractivity contribution is 0.102. The topological polar surface area (TPSA) is 75.3 Å². The summed E-state index contributed by atoms with van der Waals surface area (Å²) in [6.45, 7) is 0. The summed E-state index contributed by atoms with van der Waals surface area (Å²) in [5.74, 6) is -2.80. The number of benzene rings is 3. The molecule has 0 atom stereocenters. The van der Waals surface area contributed by atoms with Crippen LogP contribution in [-0.4, -0.2) is 14.3 Å². The van der Waals surface area contributed by atoms with Gasteiger partial charge in [0.25, 0.3) is 15.9 Å². The van der Waals surface area contributed by atoms with Gasteiger partial charge in [0.2, 0.25) is 0 Å². The number of rotatable bonds is 5. The number of hydrogen-bond acceptors (Lipinski definition) is 3. The number of carbonyl (C=O) groups is 1. The van der Waals surface area contributed by atoms with Gasteiger partial charge in [-0.2, -0.15) is 0 Å². The first-order valence-electron chi connectivity index (χ1n) is 7.89. The summed E-state index contributed by atoms with van der Waals surface area (Å²) in [5.41, 5.74) is 0.452. The first-order valence-corrected chi connectivity index (χ1v) is 10.2. The molecule has 1 amide bonds. The Balaban J connectivity index is 1.81. The number of halogens is 3. The molecule has 9 heteroatoms. The second-order valence-corrected chi connectivity index (χ2v) is 8.32. The zero-order chi connectivity index (χ0) is 20.3. The Morgan fingerprint density at radius 1 is 0.857 bits per heavy atom. The largest absolute Gasteiger partial charge is 0.322 e. The molecule has 0 bridgehead atoms. The van der Waals surface area contributed by atoms with Crippen molar-refractivity contribution in [2.24, 2.45) is 0 Å². The second-order valence-electron chi connectivity index (χ2n) is 5.72. The Morgan fingerprint density at radius 2 is 1.54 bits per heavy atom. The molecule has 0 aliphatic carbocycles. The van der Waals surface area contributed by atoms with Gasteiger partial charge in [0.05, 0.1) is 4.90 Å². The fourth-order valence-corrected chi connectivity index (χ4v) is 3.68. The van der Waals surface area contributed by atoms with E-state index < -0.39 is 27.6 Å². The molecule has 5 nitrogen and oxygen atoms in total. The van der Waals surface area contributed by atoms with Crippen molar-refractivity contribution in [1.29, 1.82) is 0 Å². The number of sulfonamides is 1. The Kier molecular flexibility index (Phi) is 5.76. The van der Waals surface area contributed by atoms with E-state index in [-0.39, 0.29) is 16.1 Å². The Labute approximate surface area is 168 Å². The third-order valence-electron chi connectivity index (χ3n) is 3.68. The molecule has 0 aromatic heterocycles. The van der Waals surface area contributed by atoms with Crippen LogP contribution in [0.5, 0.6) is 0 Å². The first-order chi connectivity index (χ1) is 13.2. The molecule has 0 heterocycles. The molecule has 0 aliphatic heterocycles. The molecule has 28 heavy (non-hydrogen) atoms. The van der Waals surface area contributed by atoms with Crippen molar-refractivity contribution in [3.8, 4) is 0 Å². The molecule has 0 unspecified atom stereocenters. The molecule has 0 radical (unpaired) electrons. The minimum atomic E-state index is -3.92. The maximum Gasteiger partial charge on any atom is 0.261 e. The van der Waals surface area contributed by atoms with E-state index in [4.69, 9.17) is 0 Å². The summed E-state index contributed by atoms with van der Waals surface area (Å²) in [4.78, 5) is 12.2. The van der Waals surface area contributed by atoms with E-state index in [0.717, 1.165) is 16.6 Å². The maximum absolute atomic E-state index is 13.3. The van der Waals surface area contributed by atoms with Crippen LogP contribution in [0.15, 0.2) is 76.1 Å². The molecular formula is C19H13BrF2N2O3S. The summed E-state index contributed by atoms with van der Waals surface area (Å²) in [6, 6.07) is 14.8. The molecule has 3 aromatic rings. The summed E-state index contributed by atoms with van der Waals surface area (Å²) >= 11 is 3.27. The van der Waals surface area contributed by atoms with Crippen molar-refractivity contribution in [2.75, 3.05) is 10.0 Å². The van der Waals surface area contributed by atoms with E-state index in [9.17, 15) is 22.0 Å². The molecule has 0 fully saturated rings. The molecule has 144 valence electrons. The normalized spacial score (nSPS) is 11.1. The average Bonchev–Trinajstić information content (AvgIpc) is 2.66. The van der Waals surface area contributed by atoms with Crippen LogP contribution in [0.2, 0.25) is 0 Å². The van der Waals surface area contributed by atoms with Gasteiger partial charge in [-0.25, -0.2) is 17.2 Å². The number of carbonyl (C=O) groups excluding carboxylic acids is 1. The van der Waals surface area contributed by atoms with Crippen molar-refractivity contribution in [3.63, 3.8) is 0 Å². The van der Waals surface area contributed by atoms with E-state index in [2.05, 4.69) is 26.0 Å². The highest BCUT2D eigenvalue weighted by atomic mass is 79.9. The summed E-state index contributed by atoms with van der Waals surface area (Å²) in [7, 11) is -3.92. The van der Waals surface area contributed by atoms with Gasteiger partial charge in [-0.05, 0) is 54.6 Å². The van der Waals surface area contributed by atoms with E-state index >= 15 is 0 Å². The smallest absolute Gasteiger partial charge is 0.261 e. The van der Waals surface area contributed by atoms with Crippen LogP contribution in [0, 0.1) is 11.6 Å². The summed E-state index contributed by atoms with van der Waals surface area (Å²) in [5, 5.41) is 2.39. The molecule has 0 saturated heterocycles. The average molecular weight is 467 g/mol. The van der Waals surface area contributed by atoms with Crippen LogP contribution in [0.25, 0.3) is 0 Å². The van der Waals surface area contributed by atoms with Crippen LogP contribution in [0.4, 0.5) is 20.2 Å².